The number of halogens is 1. The molecule has 8 aliphatic carbocycles. The quantitative estimate of drug-likeness (QED) is 0.274. The van der Waals surface area contributed by atoms with E-state index in [0.29, 0.717) is 43.3 Å². The average Bonchev–Trinajstić information content (AvgIpc) is 3.91. The van der Waals surface area contributed by atoms with E-state index >= 15 is 0 Å². The van der Waals surface area contributed by atoms with Crippen LogP contribution < -0.4 is 4.90 Å². The number of alkyl halides is 1. The lowest BCUT2D eigenvalue weighted by Crippen LogP contribution is -2.65. The summed E-state index contributed by atoms with van der Waals surface area (Å²) in [7, 11) is 2.11. The number of amides is 1. The van der Waals surface area contributed by atoms with Gasteiger partial charge in [0.05, 0.1) is 5.69 Å². The molecule has 8 saturated carbocycles. The second kappa shape index (κ2) is 8.54. The van der Waals surface area contributed by atoms with Crippen LogP contribution in [0.4, 0.5) is 10.1 Å². The van der Waals surface area contributed by atoms with Gasteiger partial charge in [0.15, 0.2) is 0 Å². The molecule has 3 aromatic rings. The number of nitrogens with zero attached hydrogens (tertiary/aromatic N) is 5. The van der Waals surface area contributed by atoms with Crippen molar-refractivity contribution in [1.29, 1.82) is 0 Å². The van der Waals surface area contributed by atoms with Gasteiger partial charge in [0.1, 0.15) is 5.67 Å². The monoisotopic (exact) mass is 569 g/mol. The lowest BCUT2D eigenvalue weighted by Gasteiger charge is -2.66. The van der Waals surface area contributed by atoms with E-state index in [4.69, 9.17) is 9.62 Å². The molecule has 0 saturated heterocycles. The van der Waals surface area contributed by atoms with Crippen LogP contribution in [0, 0.1) is 10.8 Å². The van der Waals surface area contributed by atoms with Gasteiger partial charge >= 0.3 is 0 Å². The van der Waals surface area contributed by atoms with E-state index in [1.807, 2.05) is 23.1 Å². The minimum Gasteiger partial charge on any atom is -0.339 e. The molecule has 0 radical (unpaired) electrons. The molecule has 42 heavy (non-hydrogen) atoms. The second-order valence-corrected chi connectivity index (χ2v) is 15.3. The van der Waals surface area contributed by atoms with Crippen molar-refractivity contribution in [1.82, 2.24) is 19.9 Å². The maximum Gasteiger partial charge on any atom is 0.230 e. The zero-order chi connectivity index (χ0) is 28.3. The van der Waals surface area contributed by atoms with Crippen LogP contribution in [0.15, 0.2) is 34.9 Å². The molecular formula is C34H40FN5O2. The first-order valence-electron chi connectivity index (χ1n) is 16.2. The Balaban J connectivity index is 0.981. The SMILES string of the molecule is Cn1nc(C23CCC(CN(C(=O)CC45CC(F)(C4)C5)c4cccc(-c5noc(C6CC6)n5)c4)(CC2)CC3)cc1C1CC1. The number of carbonyl (C=O) groups excluding carboxylic acids is 1. The van der Waals surface area contributed by atoms with Gasteiger partial charge in [-0.3, -0.25) is 9.48 Å². The molecule has 2 aromatic heterocycles. The molecule has 8 fully saturated rings. The highest BCUT2D eigenvalue weighted by molar-refractivity contribution is 5.94. The summed E-state index contributed by atoms with van der Waals surface area (Å²) in [5.41, 5.74) is 3.64. The van der Waals surface area contributed by atoms with Crippen molar-refractivity contribution in [2.24, 2.45) is 17.9 Å². The van der Waals surface area contributed by atoms with Crippen LogP contribution in [-0.2, 0) is 17.3 Å². The lowest BCUT2D eigenvalue weighted by molar-refractivity contribution is -0.215. The summed E-state index contributed by atoms with van der Waals surface area (Å²) in [5.74, 6) is 2.54. The van der Waals surface area contributed by atoms with Gasteiger partial charge in [0, 0.05) is 54.2 Å². The minimum absolute atomic E-state index is 0.105. The van der Waals surface area contributed by atoms with Crippen molar-refractivity contribution in [3.8, 4) is 11.4 Å². The molecule has 11 rings (SSSR count). The normalized spacial score (nSPS) is 34.6. The van der Waals surface area contributed by atoms with Crippen molar-refractivity contribution in [3.05, 3.63) is 47.6 Å². The van der Waals surface area contributed by atoms with Crippen LogP contribution in [-0.4, -0.2) is 38.0 Å². The maximum atomic E-state index is 14.4. The van der Waals surface area contributed by atoms with Crippen molar-refractivity contribution in [3.63, 3.8) is 0 Å². The highest BCUT2D eigenvalue weighted by atomic mass is 19.1. The molecule has 0 spiro atoms. The molecular weight excluding hydrogens is 529 g/mol. The molecule has 0 atom stereocenters. The lowest BCUT2D eigenvalue weighted by atomic mass is 9.41. The minimum atomic E-state index is -0.998. The van der Waals surface area contributed by atoms with Gasteiger partial charge in [0.2, 0.25) is 17.6 Å². The molecule has 1 amide bonds. The van der Waals surface area contributed by atoms with Gasteiger partial charge in [-0.1, -0.05) is 17.3 Å². The van der Waals surface area contributed by atoms with Gasteiger partial charge in [0.25, 0.3) is 0 Å². The Hall–Kier alpha value is -3.03. The molecule has 0 N–H and O–H groups in total. The van der Waals surface area contributed by atoms with E-state index < -0.39 is 5.67 Å². The first-order valence-corrected chi connectivity index (χ1v) is 16.2. The molecule has 0 unspecified atom stereocenters. The summed E-state index contributed by atoms with van der Waals surface area (Å²) in [6.07, 6.45) is 13.6. The van der Waals surface area contributed by atoms with Crippen molar-refractivity contribution < 1.29 is 13.7 Å². The van der Waals surface area contributed by atoms with Gasteiger partial charge in [-0.25, -0.2) is 4.39 Å². The molecule has 8 heteroatoms. The second-order valence-electron chi connectivity index (χ2n) is 15.3. The smallest absolute Gasteiger partial charge is 0.230 e. The zero-order valence-electron chi connectivity index (χ0n) is 24.6. The first kappa shape index (κ1) is 25.5. The van der Waals surface area contributed by atoms with Gasteiger partial charge in [-0.05, 0) is 112 Å². The van der Waals surface area contributed by atoms with Gasteiger partial charge < -0.3 is 9.42 Å². The Morgan fingerprint density at radius 3 is 2.38 bits per heavy atom. The third kappa shape index (κ3) is 4.03. The molecule has 4 bridgehead atoms. The van der Waals surface area contributed by atoms with Crippen molar-refractivity contribution >= 4 is 11.6 Å². The Kier molecular flexibility index (Phi) is 5.18. The number of hydrogen-bond donors (Lipinski definition) is 0. The topological polar surface area (TPSA) is 77.0 Å². The number of aryl methyl sites for hydroxylation is 1. The predicted molar refractivity (Wildman–Crippen MR) is 156 cm³/mol. The van der Waals surface area contributed by atoms with Crippen LogP contribution in [0.25, 0.3) is 11.4 Å². The summed E-state index contributed by atoms with van der Waals surface area (Å²) in [6.45, 7) is 0.720. The fourth-order valence-corrected chi connectivity index (χ4v) is 9.17. The van der Waals surface area contributed by atoms with Crippen LogP contribution in [0.5, 0.6) is 0 Å². The molecule has 220 valence electrons. The first-order chi connectivity index (χ1) is 20.2. The molecule has 1 aromatic carbocycles. The van der Waals surface area contributed by atoms with Gasteiger partial charge in [-0.2, -0.15) is 10.1 Å². The maximum absolute atomic E-state index is 14.4. The molecule has 7 nitrogen and oxygen atoms in total. The highest BCUT2D eigenvalue weighted by Crippen LogP contribution is 2.71. The Morgan fingerprint density at radius 1 is 1.00 bits per heavy atom. The number of carbonyl (C=O) groups is 1. The summed E-state index contributed by atoms with van der Waals surface area (Å²) in [4.78, 5) is 20.8. The van der Waals surface area contributed by atoms with Crippen molar-refractivity contribution in [2.75, 3.05) is 11.4 Å². The largest absolute Gasteiger partial charge is 0.339 e. The summed E-state index contributed by atoms with van der Waals surface area (Å²) in [5, 5.41) is 9.31. The summed E-state index contributed by atoms with van der Waals surface area (Å²) in [6, 6.07) is 10.5. The average molecular weight is 570 g/mol. The van der Waals surface area contributed by atoms with Crippen LogP contribution in [0.2, 0.25) is 0 Å². The van der Waals surface area contributed by atoms with Crippen molar-refractivity contribution in [2.45, 2.75) is 113 Å². The predicted octanol–water partition coefficient (Wildman–Crippen LogP) is 7.13. The molecule has 0 aliphatic heterocycles. The van der Waals surface area contributed by atoms with E-state index in [1.165, 1.54) is 24.2 Å². The molecule has 8 aliphatic rings. The highest BCUT2D eigenvalue weighted by Gasteiger charge is 2.69. The fraction of sp³-hybridized carbons (Fsp3) is 0.647. The number of fused-ring (bicyclic) bond motifs is 3. The fourth-order valence-electron chi connectivity index (χ4n) is 9.17. The third-order valence-corrected chi connectivity index (χ3v) is 12.0. The summed E-state index contributed by atoms with van der Waals surface area (Å²) >= 11 is 0. The molecule has 2 heterocycles. The number of anilines is 1. The Bertz CT molecular complexity index is 1540. The number of benzene rings is 1. The van der Waals surface area contributed by atoms with E-state index in [0.717, 1.165) is 75.1 Å². The summed E-state index contributed by atoms with van der Waals surface area (Å²) < 4.78 is 22.1. The van der Waals surface area contributed by atoms with E-state index in [2.05, 4.69) is 34.0 Å². The Morgan fingerprint density at radius 2 is 1.71 bits per heavy atom. The Labute approximate surface area is 246 Å². The van der Waals surface area contributed by atoms with Crippen LogP contribution in [0.1, 0.15) is 119 Å². The number of hydrogen-bond acceptors (Lipinski definition) is 5. The number of rotatable bonds is 9. The van der Waals surface area contributed by atoms with E-state index in [9.17, 15) is 9.18 Å². The zero-order valence-corrected chi connectivity index (χ0v) is 24.6. The number of aromatic nitrogens is 4. The standard InChI is InChI=1S/C34H40FN5O2/c1-39-26(22-5-6-22)16-27(37-39)33-12-9-31(10-13-33,11-14-33)21-40(28(41)17-32-18-34(35,19-32)20-32)25-4-2-3-24(15-25)29-36-30(42-38-29)23-7-8-23/h2-4,15-16,22-23H,5-14,17-21H2,1H3. The van der Waals surface area contributed by atoms with Crippen LogP contribution >= 0.6 is 0 Å². The van der Waals surface area contributed by atoms with Gasteiger partial charge in [-0.15, -0.1) is 0 Å². The van der Waals surface area contributed by atoms with E-state index in [-0.39, 0.29) is 22.2 Å². The van der Waals surface area contributed by atoms with Crippen LogP contribution in [0.3, 0.4) is 0 Å². The van der Waals surface area contributed by atoms with E-state index in [1.54, 1.807) is 0 Å². The third-order valence-electron chi connectivity index (χ3n) is 12.0.